The minimum absolute atomic E-state index is 0.142. The lowest BCUT2D eigenvalue weighted by Gasteiger charge is -2.37. The molecule has 0 N–H and O–H groups in total. The molecule has 1 unspecified atom stereocenters. The van der Waals surface area contributed by atoms with E-state index in [9.17, 15) is 4.79 Å². The Morgan fingerprint density at radius 3 is 2.82 bits per heavy atom. The van der Waals surface area contributed by atoms with E-state index >= 15 is 0 Å². The third-order valence-corrected chi connectivity index (χ3v) is 7.21. The highest BCUT2D eigenvalue weighted by atomic mass is 32.1. The highest BCUT2D eigenvalue weighted by Gasteiger charge is 2.30. The van der Waals surface area contributed by atoms with E-state index < -0.39 is 0 Å². The predicted molar refractivity (Wildman–Crippen MR) is 114 cm³/mol. The molecule has 1 aromatic heterocycles. The van der Waals surface area contributed by atoms with Gasteiger partial charge in [0.05, 0.1) is 23.7 Å². The number of thiophene rings is 1. The Hall–Kier alpha value is -1.66. The van der Waals surface area contributed by atoms with Gasteiger partial charge in [-0.05, 0) is 81.1 Å². The molecule has 0 aromatic carbocycles. The van der Waals surface area contributed by atoms with Crippen LogP contribution in [0.15, 0.2) is 34.2 Å². The summed E-state index contributed by atoms with van der Waals surface area (Å²) in [5, 5.41) is 2.12. The van der Waals surface area contributed by atoms with Crippen LogP contribution in [0.4, 0.5) is 4.79 Å². The molecule has 0 aliphatic carbocycles. The summed E-state index contributed by atoms with van der Waals surface area (Å²) in [4.78, 5) is 22.6. The summed E-state index contributed by atoms with van der Waals surface area (Å²) in [6.07, 6.45) is 8.00. The van der Waals surface area contributed by atoms with Gasteiger partial charge in [-0.1, -0.05) is 6.07 Å². The zero-order valence-corrected chi connectivity index (χ0v) is 17.6. The fraction of sp³-hybridized carbons (Fsp3) is 0.636. The van der Waals surface area contributed by atoms with E-state index in [0.717, 1.165) is 32.5 Å². The number of carbonyl (C=O) groups excluding carboxylic acids is 1. The Balaban J connectivity index is 1.27. The number of allylic oxidation sites excluding steroid dienone is 1. The van der Waals surface area contributed by atoms with Crippen LogP contribution in [0.1, 0.15) is 43.9 Å². The highest BCUT2D eigenvalue weighted by molar-refractivity contribution is 7.12. The molecule has 0 bridgehead atoms. The van der Waals surface area contributed by atoms with E-state index in [1.807, 2.05) is 11.8 Å². The first kappa shape index (κ1) is 19.6. The molecule has 3 aliphatic rings. The van der Waals surface area contributed by atoms with Crippen LogP contribution < -0.4 is 0 Å². The molecule has 2 fully saturated rings. The van der Waals surface area contributed by atoms with Crippen LogP contribution in [0, 0.1) is 5.92 Å². The molecule has 152 valence electrons. The first-order valence-corrected chi connectivity index (χ1v) is 11.6. The van der Waals surface area contributed by atoms with Gasteiger partial charge in [-0.15, -0.1) is 11.3 Å². The quantitative estimate of drug-likeness (QED) is 0.760. The van der Waals surface area contributed by atoms with Crippen molar-refractivity contribution >= 4 is 23.1 Å². The van der Waals surface area contributed by atoms with Gasteiger partial charge in [0.25, 0.3) is 0 Å². The number of aliphatic imine (C=N–C) groups is 1. The first-order valence-electron chi connectivity index (χ1n) is 10.7. The van der Waals surface area contributed by atoms with Crippen molar-refractivity contribution in [3.63, 3.8) is 0 Å². The standard InChI is InChI=1S/C22H31N3O2S/c1-2-27-22(26)25-10-3-5-19(9-13-25)24-11-7-17(8-12-24)18-15-20(23-16-18)21-6-4-14-28-21/h4,6,14-15,17,19H,2-3,5,7-13,16H2,1H3. The van der Waals surface area contributed by atoms with Gasteiger partial charge in [0, 0.05) is 19.1 Å². The Bertz CT molecular complexity index is 720. The number of hydrogen-bond donors (Lipinski definition) is 0. The van der Waals surface area contributed by atoms with Crippen LogP contribution in [0.2, 0.25) is 0 Å². The van der Waals surface area contributed by atoms with E-state index in [0.29, 0.717) is 18.6 Å². The molecule has 28 heavy (non-hydrogen) atoms. The molecule has 6 heteroatoms. The molecule has 2 saturated heterocycles. The summed E-state index contributed by atoms with van der Waals surface area (Å²) in [5.74, 6) is 0.680. The Morgan fingerprint density at radius 2 is 2.07 bits per heavy atom. The molecule has 5 nitrogen and oxygen atoms in total. The van der Waals surface area contributed by atoms with Gasteiger partial charge in [-0.3, -0.25) is 4.99 Å². The van der Waals surface area contributed by atoms with Crippen LogP contribution in [-0.2, 0) is 4.74 Å². The van der Waals surface area contributed by atoms with E-state index in [1.54, 1.807) is 11.3 Å². The Labute approximate surface area is 172 Å². The number of amides is 1. The van der Waals surface area contributed by atoms with Gasteiger partial charge in [0.15, 0.2) is 0 Å². The van der Waals surface area contributed by atoms with E-state index in [2.05, 4.69) is 28.5 Å². The smallest absolute Gasteiger partial charge is 0.409 e. The molecular weight excluding hydrogens is 370 g/mol. The summed E-state index contributed by atoms with van der Waals surface area (Å²) < 4.78 is 5.18. The second-order valence-corrected chi connectivity index (χ2v) is 8.93. The predicted octanol–water partition coefficient (Wildman–Crippen LogP) is 4.20. The minimum Gasteiger partial charge on any atom is -0.450 e. The van der Waals surface area contributed by atoms with E-state index in [-0.39, 0.29) is 6.09 Å². The normalized spacial score (nSPS) is 24.6. The number of hydrogen-bond acceptors (Lipinski definition) is 5. The average Bonchev–Trinajstić information content (AvgIpc) is 3.36. The Kier molecular flexibility index (Phi) is 6.47. The fourth-order valence-electron chi connectivity index (χ4n) is 4.74. The lowest BCUT2D eigenvalue weighted by Crippen LogP contribution is -2.42. The van der Waals surface area contributed by atoms with Crippen molar-refractivity contribution in [1.82, 2.24) is 9.80 Å². The van der Waals surface area contributed by atoms with Crippen molar-refractivity contribution in [2.75, 3.05) is 39.3 Å². The number of ether oxygens (including phenoxy) is 1. The summed E-state index contributed by atoms with van der Waals surface area (Å²) in [6, 6.07) is 4.87. The fourth-order valence-corrected chi connectivity index (χ4v) is 5.45. The van der Waals surface area contributed by atoms with Crippen molar-refractivity contribution in [1.29, 1.82) is 0 Å². The zero-order valence-electron chi connectivity index (χ0n) is 16.8. The lowest BCUT2D eigenvalue weighted by molar-refractivity contribution is 0.104. The van der Waals surface area contributed by atoms with Crippen LogP contribution in [-0.4, -0.2) is 67.0 Å². The van der Waals surface area contributed by atoms with Gasteiger partial charge in [-0.2, -0.15) is 0 Å². The van der Waals surface area contributed by atoms with Gasteiger partial charge < -0.3 is 14.5 Å². The number of likely N-dealkylation sites (tertiary alicyclic amines) is 2. The molecule has 0 radical (unpaired) electrons. The van der Waals surface area contributed by atoms with Gasteiger partial charge in [0.2, 0.25) is 0 Å². The number of nitrogens with zero attached hydrogens (tertiary/aromatic N) is 3. The van der Waals surface area contributed by atoms with Gasteiger partial charge in [-0.25, -0.2) is 4.79 Å². The molecule has 0 spiro atoms. The van der Waals surface area contributed by atoms with Gasteiger partial charge >= 0.3 is 6.09 Å². The second kappa shape index (κ2) is 9.23. The third kappa shape index (κ3) is 4.49. The molecule has 1 aromatic rings. The maximum absolute atomic E-state index is 12.0. The summed E-state index contributed by atoms with van der Waals surface area (Å²) in [7, 11) is 0. The SMILES string of the molecule is CCOC(=O)N1CCCC(N2CCC(C3=CC(c4cccs4)=NC3)CC2)CC1. The number of carbonyl (C=O) groups is 1. The van der Waals surface area contributed by atoms with Crippen molar-refractivity contribution in [2.24, 2.45) is 10.9 Å². The van der Waals surface area contributed by atoms with Crippen LogP contribution >= 0.6 is 11.3 Å². The van der Waals surface area contributed by atoms with E-state index in [4.69, 9.17) is 9.73 Å². The first-order chi connectivity index (χ1) is 13.7. The number of rotatable bonds is 4. The maximum atomic E-state index is 12.0. The van der Waals surface area contributed by atoms with Crippen molar-refractivity contribution in [3.8, 4) is 0 Å². The van der Waals surface area contributed by atoms with Crippen LogP contribution in [0.3, 0.4) is 0 Å². The summed E-state index contributed by atoms with van der Waals surface area (Å²) >= 11 is 1.77. The second-order valence-electron chi connectivity index (χ2n) is 7.98. The molecule has 1 amide bonds. The topological polar surface area (TPSA) is 45.1 Å². The molecule has 4 rings (SSSR count). The summed E-state index contributed by atoms with van der Waals surface area (Å²) in [5.41, 5.74) is 2.70. The Morgan fingerprint density at radius 1 is 1.21 bits per heavy atom. The van der Waals surface area contributed by atoms with Crippen molar-refractivity contribution < 1.29 is 9.53 Å². The largest absolute Gasteiger partial charge is 0.450 e. The maximum Gasteiger partial charge on any atom is 0.409 e. The van der Waals surface area contributed by atoms with E-state index in [1.165, 1.54) is 48.5 Å². The minimum atomic E-state index is -0.142. The molecular formula is C22H31N3O2S. The number of piperidine rings is 1. The lowest BCUT2D eigenvalue weighted by atomic mass is 9.88. The molecule has 3 aliphatic heterocycles. The van der Waals surface area contributed by atoms with Gasteiger partial charge in [0.1, 0.15) is 0 Å². The molecule has 1 atom stereocenters. The monoisotopic (exact) mass is 401 g/mol. The molecule has 4 heterocycles. The summed E-state index contributed by atoms with van der Waals surface area (Å²) in [6.45, 7) is 7.21. The third-order valence-electron chi connectivity index (χ3n) is 6.32. The van der Waals surface area contributed by atoms with Crippen molar-refractivity contribution in [2.45, 2.75) is 45.1 Å². The molecule has 0 saturated carbocycles. The van der Waals surface area contributed by atoms with Crippen LogP contribution in [0.5, 0.6) is 0 Å². The van der Waals surface area contributed by atoms with Crippen LogP contribution in [0.25, 0.3) is 0 Å². The zero-order chi connectivity index (χ0) is 19.3. The van der Waals surface area contributed by atoms with Crippen molar-refractivity contribution in [3.05, 3.63) is 34.0 Å². The average molecular weight is 402 g/mol. The highest BCUT2D eigenvalue weighted by Crippen LogP contribution is 2.31.